The number of rotatable bonds is 6. The third-order valence-electron chi connectivity index (χ3n) is 4.69. The molecule has 1 amide bonds. The van der Waals surface area contributed by atoms with Crippen molar-refractivity contribution >= 4 is 23.3 Å². The molecule has 3 rings (SSSR count). The molecule has 1 saturated heterocycles. The van der Waals surface area contributed by atoms with E-state index < -0.39 is 0 Å². The van der Waals surface area contributed by atoms with Gasteiger partial charge in [0.25, 0.3) is 5.91 Å². The molecular weight excluding hydrogens is 364 g/mol. The fourth-order valence-electron chi connectivity index (χ4n) is 3.20. The number of aromatic nitrogens is 1. The first-order chi connectivity index (χ1) is 13.1. The van der Waals surface area contributed by atoms with Crippen LogP contribution in [-0.4, -0.2) is 62.7 Å². The maximum Gasteiger partial charge on any atom is 0.255 e. The summed E-state index contributed by atoms with van der Waals surface area (Å²) < 4.78 is 5.40. The highest BCUT2D eigenvalue weighted by Crippen LogP contribution is 2.26. The van der Waals surface area contributed by atoms with E-state index >= 15 is 0 Å². The molecule has 27 heavy (non-hydrogen) atoms. The molecule has 144 valence electrons. The second kappa shape index (κ2) is 9.17. The molecule has 2 aromatic rings. The van der Waals surface area contributed by atoms with Crippen LogP contribution in [0.3, 0.4) is 0 Å². The van der Waals surface area contributed by atoms with E-state index in [0.29, 0.717) is 36.2 Å². The van der Waals surface area contributed by atoms with Gasteiger partial charge in [-0.15, -0.1) is 0 Å². The lowest BCUT2D eigenvalue weighted by atomic mass is 10.1. The van der Waals surface area contributed by atoms with Crippen LogP contribution >= 0.6 is 11.6 Å². The van der Waals surface area contributed by atoms with E-state index in [9.17, 15) is 4.79 Å². The molecule has 1 fully saturated rings. The molecule has 1 N–H and O–H groups in total. The number of hydrogen-bond donors (Lipinski definition) is 1. The molecule has 0 spiro atoms. The Hall–Kier alpha value is -2.15. The van der Waals surface area contributed by atoms with Crippen molar-refractivity contribution in [1.82, 2.24) is 15.2 Å². The van der Waals surface area contributed by atoms with E-state index in [1.807, 2.05) is 49.3 Å². The van der Waals surface area contributed by atoms with E-state index in [1.54, 1.807) is 12.3 Å². The minimum absolute atomic E-state index is 0.0221. The number of anilines is 1. The summed E-state index contributed by atoms with van der Waals surface area (Å²) in [7, 11) is 3.95. The van der Waals surface area contributed by atoms with Gasteiger partial charge in [0, 0.05) is 30.9 Å². The van der Waals surface area contributed by atoms with Crippen molar-refractivity contribution in [3.63, 3.8) is 0 Å². The zero-order valence-corrected chi connectivity index (χ0v) is 16.4. The van der Waals surface area contributed by atoms with Crippen LogP contribution in [0.1, 0.15) is 22.0 Å². The third kappa shape index (κ3) is 4.77. The highest BCUT2D eigenvalue weighted by Gasteiger charge is 2.22. The van der Waals surface area contributed by atoms with Crippen molar-refractivity contribution in [3.05, 3.63) is 58.7 Å². The van der Waals surface area contributed by atoms with Crippen molar-refractivity contribution in [2.45, 2.75) is 6.04 Å². The van der Waals surface area contributed by atoms with Gasteiger partial charge in [0.2, 0.25) is 0 Å². The van der Waals surface area contributed by atoms with Crippen molar-refractivity contribution < 1.29 is 9.53 Å². The molecule has 1 aromatic carbocycles. The number of amides is 1. The summed E-state index contributed by atoms with van der Waals surface area (Å²) in [5.41, 5.74) is 1.57. The average molecular weight is 389 g/mol. The molecule has 6 nitrogen and oxygen atoms in total. The minimum atomic E-state index is -0.136. The summed E-state index contributed by atoms with van der Waals surface area (Å²) in [4.78, 5) is 21.5. The predicted octanol–water partition coefficient (Wildman–Crippen LogP) is 2.60. The van der Waals surface area contributed by atoms with Crippen LogP contribution in [0, 0.1) is 0 Å². The Morgan fingerprint density at radius 2 is 2.00 bits per heavy atom. The first-order valence-electron chi connectivity index (χ1n) is 9.04. The maximum absolute atomic E-state index is 12.9. The Morgan fingerprint density at radius 3 is 2.70 bits per heavy atom. The van der Waals surface area contributed by atoms with E-state index in [2.05, 4.69) is 15.2 Å². The van der Waals surface area contributed by atoms with Gasteiger partial charge in [-0.3, -0.25) is 4.79 Å². The molecule has 0 saturated carbocycles. The summed E-state index contributed by atoms with van der Waals surface area (Å²) in [6, 6.07) is 11.3. The van der Waals surface area contributed by atoms with Crippen LogP contribution in [0.15, 0.2) is 42.6 Å². The van der Waals surface area contributed by atoms with Gasteiger partial charge in [0.1, 0.15) is 5.82 Å². The number of likely N-dealkylation sites (N-methyl/N-ethyl adjacent to an activating group) is 1. The molecule has 0 bridgehead atoms. The number of nitrogens with one attached hydrogen (secondary N) is 1. The van der Waals surface area contributed by atoms with Gasteiger partial charge in [-0.2, -0.15) is 0 Å². The smallest absolute Gasteiger partial charge is 0.255 e. The standard InChI is InChI=1S/C20H25ClN4O2/c1-24(2)18(15-6-3-4-8-17(15)21)14-23-20(26)16-7-5-9-22-19(16)25-10-12-27-13-11-25/h3-9,18H,10-14H2,1-2H3,(H,23,26). The Morgan fingerprint density at radius 1 is 1.26 bits per heavy atom. The number of nitrogens with zero attached hydrogens (tertiary/aromatic N) is 3. The maximum atomic E-state index is 12.9. The summed E-state index contributed by atoms with van der Waals surface area (Å²) in [5.74, 6) is 0.570. The zero-order valence-electron chi connectivity index (χ0n) is 15.7. The van der Waals surface area contributed by atoms with Crippen molar-refractivity contribution in [1.29, 1.82) is 0 Å². The van der Waals surface area contributed by atoms with E-state index in [1.165, 1.54) is 0 Å². The van der Waals surface area contributed by atoms with Crippen molar-refractivity contribution in [2.24, 2.45) is 0 Å². The predicted molar refractivity (Wildman–Crippen MR) is 107 cm³/mol. The quantitative estimate of drug-likeness (QED) is 0.824. The molecule has 1 aromatic heterocycles. The fourth-order valence-corrected chi connectivity index (χ4v) is 3.46. The molecule has 7 heteroatoms. The molecule has 1 aliphatic rings. The van der Waals surface area contributed by atoms with Gasteiger partial charge >= 0.3 is 0 Å². The van der Waals surface area contributed by atoms with Gasteiger partial charge < -0.3 is 19.9 Å². The van der Waals surface area contributed by atoms with Crippen molar-refractivity contribution in [3.8, 4) is 0 Å². The van der Waals surface area contributed by atoms with E-state index in [0.717, 1.165) is 18.7 Å². The van der Waals surface area contributed by atoms with Crippen LogP contribution in [0.2, 0.25) is 5.02 Å². The SMILES string of the molecule is CN(C)C(CNC(=O)c1cccnc1N1CCOCC1)c1ccccc1Cl. The molecule has 2 heterocycles. The minimum Gasteiger partial charge on any atom is -0.378 e. The number of hydrogen-bond acceptors (Lipinski definition) is 5. The number of carbonyl (C=O) groups excluding carboxylic acids is 1. The molecule has 1 atom stereocenters. The zero-order chi connectivity index (χ0) is 19.2. The highest BCUT2D eigenvalue weighted by molar-refractivity contribution is 6.31. The summed E-state index contributed by atoms with van der Waals surface area (Å²) in [6.45, 7) is 3.21. The number of benzene rings is 1. The van der Waals surface area contributed by atoms with E-state index in [4.69, 9.17) is 16.3 Å². The van der Waals surface area contributed by atoms with Crippen LogP contribution < -0.4 is 10.2 Å². The second-order valence-electron chi connectivity index (χ2n) is 6.68. The first-order valence-corrected chi connectivity index (χ1v) is 9.42. The van der Waals surface area contributed by atoms with Gasteiger partial charge in [-0.1, -0.05) is 29.8 Å². The largest absolute Gasteiger partial charge is 0.378 e. The number of halogens is 1. The van der Waals surface area contributed by atoms with Crippen LogP contribution in [0.5, 0.6) is 0 Å². The number of morpholine rings is 1. The second-order valence-corrected chi connectivity index (χ2v) is 7.09. The van der Waals surface area contributed by atoms with Crippen molar-refractivity contribution in [2.75, 3.05) is 51.8 Å². The van der Waals surface area contributed by atoms with Crippen LogP contribution in [0.25, 0.3) is 0 Å². The Balaban J connectivity index is 1.74. The average Bonchev–Trinajstić information content (AvgIpc) is 2.69. The third-order valence-corrected chi connectivity index (χ3v) is 5.03. The summed E-state index contributed by atoms with van der Waals surface area (Å²) in [6.07, 6.45) is 1.72. The van der Waals surface area contributed by atoms with Gasteiger partial charge in [-0.05, 0) is 37.9 Å². The lowest BCUT2D eigenvalue weighted by molar-refractivity contribution is 0.0940. The summed E-state index contributed by atoms with van der Waals surface area (Å²) in [5, 5.41) is 3.74. The van der Waals surface area contributed by atoms with Crippen LogP contribution in [0.4, 0.5) is 5.82 Å². The monoisotopic (exact) mass is 388 g/mol. The van der Waals surface area contributed by atoms with Gasteiger partial charge in [-0.25, -0.2) is 4.98 Å². The van der Waals surface area contributed by atoms with E-state index in [-0.39, 0.29) is 11.9 Å². The lowest BCUT2D eigenvalue weighted by Gasteiger charge is -2.29. The Bertz CT molecular complexity index is 778. The highest BCUT2D eigenvalue weighted by atomic mass is 35.5. The summed E-state index contributed by atoms with van der Waals surface area (Å²) >= 11 is 6.35. The number of pyridine rings is 1. The normalized spacial score (nSPS) is 15.6. The number of ether oxygens (including phenoxy) is 1. The first kappa shape index (κ1) is 19.6. The number of carbonyl (C=O) groups is 1. The molecule has 1 aliphatic heterocycles. The lowest BCUT2D eigenvalue weighted by Crippen LogP contribution is -2.39. The van der Waals surface area contributed by atoms with Gasteiger partial charge in [0.15, 0.2) is 0 Å². The fraction of sp³-hybridized carbons (Fsp3) is 0.400. The molecule has 1 unspecified atom stereocenters. The topological polar surface area (TPSA) is 57.7 Å². The Kier molecular flexibility index (Phi) is 6.66. The Labute approximate surface area is 165 Å². The van der Waals surface area contributed by atoms with Crippen LogP contribution in [-0.2, 0) is 4.74 Å². The molecule has 0 radical (unpaired) electrons. The molecule has 0 aliphatic carbocycles. The van der Waals surface area contributed by atoms with Gasteiger partial charge in [0.05, 0.1) is 24.8 Å². The molecular formula is C20H25ClN4O2.